The van der Waals surface area contributed by atoms with Gasteiger partial charge in [-0.1, -0.05) is 20.8 Å². The first-order valence-electron chi connectivity index (χ1n) is 7.08. The summed E-state index contributed by atoms with van der Waals surface area (Å²) < 4.78 is 5.41. The van der Waals surface area contributed by atoms with E-state index in [1.54, 1.807) is 0 Å². The number of hydrogen-bond acceptors (Lipinski definition) is 3. The van der Waals surface area contributed by atoms with Gasteiger partial charge in [0.15, 0.2) is 0 Å². The summed E-state index contributed by atoms with van der Waals surface area (Å²) in [6.45, 7) is 12.2. The molecule has 1 saturated heterocycles. The molecule has 102 valence electrons. The smallest absolute Gasteiger partial charge is 0.0480 e. The van der Waals surface area contributed by atoms with E-state index in [1.165, 1.54) is 19.4 Å². The summed E-state index contributed by atoms with van der Waals surface area (Å²) in [6, 6.07) is 0.733. The Kier molecular flexibility index (Phi) is 7.09. The lowest BCUT2D eigenvalue weighted by atomic mass is 10.1. The lowest BCUT2D eigenvalue weighted by Gasteiger charge is -2.33. The molecule has 1 fully saturated rings. The third kappa shape index (κ3) is 6.39. The van der Waals surface area contributed by atoms with E-state index < -0.39 is 0 Å². The van der Waals surface area contributed by atoms with Gasteiger partial charge in [-0.05, 0) is 44.8 Å². The molecular formula is C14H30N2O. The Balaban J connectivity index is 2.13. The van der Waals surface area contributed by atoms with E-state index in [9.17, 15) is 0 Å². The zero-order valence-corrected chi connectivity index (χ0v) is 12.0. The molecule has 0 radical (unpaired) electrons. The molecule has 0 aromatic heterocycles. The Morgan fingerprint density at radius 1 is 1.18 bits per heavy atom. The van der Waals surface area contributed by atoms with Crippen LogP contribution in [0.25, 0.3) is 0 Å². The average molecular weight is 242 g/mol. The topological polar surface area (TPSA) is 24.5 Å². The van der Waals surface area contributed by atoms with Crippen molar-refractivity contribution in [1.29, 1.82) is 0 Å². The number of nitrogens with one attached hydrogen (secondary N) is 1. The minimum atomic E-state index is 0.724. The normalized spacial score (nSPS) is 20.1. The van der Waals surface area contributed by atoms with E-state index >= 15 is 0 Å². The van der Waals surface area contributed by atoms with Crippen LogP contribution in [0.5, 0.6) is 0 Å². The Labute approximate surface area is 107 Å². The van der Waals surface area contributed by atoms with Gasteiger partial charge in [0.05, 0.1) is 0 Å². The third-order valence-electron chi connectivity index (χ3n) is 3.46. The van der Waals surface area contributed by atoms with Crippen molar-refractivity contribution in [2.45, 2.75) is 39.7 Å². The van der Waals surface area contributed by atoms with E-state index in [-0.39, 0.29) is 0 Å². The van der Waals surface area contributed by atoms with Crippen LogP contribution in [-0.2, 0) is 4.74 Å². The first kappa shape index (κ1) is 14.9. The van der Waals surface area contributed by atoms with Gasteiger partial charge in [-0.25, -0.2) is 0 Å². The lowest BCUT2D eigenvalue weighted by molar-refractivity contribution is 0.0390. The van der Waals surface area contributed by atoms with Gasteiger partial charge in [-0.3, -0.25) is 0 Å². The molecule has 0 amide bonds. The van der Waals surface area contributed by atoms with Gasteiger partial charge in [0.1, 0.15) is 0 Å². The van der Waals surface area contributed by atoms with E-state index in [0.717, 1.165) is 44.2 Å². The summed E-state index contributed by atoms with van der Waals surface area (Å²) in [4.78, 5) is 2.52. The van der Waals surface area contributed by atoms with Crippen LogP contribution in [0.4, 0.5) is 0 Å². The maximum absolute atomic E-state index is 5.41. The van der Waals surface area contributed by atoms with E-state index in [4.69, 9.17) is 4.74 Å². The Hall–Kier alpha value is -0.120. The molecule has 0 aliphatic carbocycles. The van der Waals surface area contributed by atoms with Gasteiger partial charge < -0.3 is 15.0 Å². The van der Waals surface area contributed by atoms with Gasteiger partial charge in [-0.2, -0.15) is 0 Å². The van der Waals surface area contributed by atoms with Crippen molar-refractivity contribution < 1.29 is 4.74 Å². The highest BCUT2D eigenvalue weighted by molar-refractivity contribution is 4.74. The molecule has 1 atom stereocenters. The molecule has 1 N–H and O–H groups in total. The van der Waals surface area contributed by atoms with Crippen LogP contribution in [0.2, 0.25) is 0 Å². The minimum Gasteiger partial charge on any atom is -0.381 e. The quantitative estimate of drug-likeness (QED) is 0.739. The van der Waals surface area contributed by atoms with E-state index in [2.05, 4.69) is 38.0 Å². The molecule has 1 unspecified atom stereocenters. The average Bonchev–Trinajstić information content (AvgIpc) is 2.29. The van der Waals surface area contributed by atoms with Gasteiger partial charge in [0.2, 0.25) is 0 Å². The third-order valence-corrected chi connectivity index (χ3v) is 3.46. The molecule has 3 nitrogen and oxygen atoms in total. The van der Waals surface area contributed by atoms with Crippen molar-refractivity contribution in [2.75, 3.05) is 39.9 Å². The lowest BCUT2D eigenvalue weighted by Crippen LogP contribution is -2.41. The van der Waals surface area contributed by atoms with Crippen molar-refractivity contribution in [3.05, 3.63) is 0 Å². The number of ether oxygens (including phenoxy) is 1. The fraction of sp³-hybridized carbons (Fsp3) is 1.00. The van der Waals surface area contributed by atoms with Crippen LogP contribution in [0.3, 0.4) is 0 Å². The SMILES string of the molecule is CC(C)CNCC(C)CN(C)C1CCOCC1. The summed E-state index contributed by atoms with van der Waals surface area (Å²) >= 11 is 0. The van der Waals surface area contributed by atoms with Crippen molar-refractivity contribution in [1.82, 2.24) is 10.2 Å². The van der Waals surface area contributed by atoms with Crippen LogP contribution in [0.15, 0.2) is 0 Å². The molecule has 0 saturated carbocycles. The summed E-state index contributed by atoms with van der Waals surface area (Å²) in [7, 11) is 2.26. The van der Waals surface area contributed by atoms with Crippen molar-refractivity contribution in [3.8, 4) is 0 Å². The van der Waals surface area contributed by atoms with Crippen LogP contribution in [-0.4, -0.2) is 50.8 Å². The number of hydrogen-bond donors (Lipinski definition) is 1. The molecule has 3 heteroatoms. The summed E-state index contributed by atoms with van der Waals surface area (Å²) in [5.41, 5.74) is 0. The predicted molar refractivity (Wildman–Crippen MR) is 73.3 cm³/mol. The second-order valence-electron chi connectivity index (χ2n) is 5.94. The molecule has 1 heterocycles. The van der Waals surface area contributed by atoms with Crippen LogP contribution in [0, 0.1) is 11.8 Å². The maximum Gasteiger partial charge on any atom is 0.0480 e. The molecule has 0 aromatic rings. The molecule has 17 heavy (non-hydrogen) atoms. The highest BCUT2D eigenvalue weighted by Crippen LogP contribution is 2.13. The molecule has 1 aliphatic heterocycles. The molecule has 0 spiro atoms. The summed E-state index contributed by atoms with van der Waals surface area (Å²) in [6.07, 6.45) is 2.39. The zero-order chi connectivity index (χ0) is 12.7. The Morgan fingerprint density at radius 3 is 2.41 bits per heavy atom. The van der Waals surface area contributed by atoms with Crippen LogP contribution in [0.1, 0.15) is 33.6 Å². The zero-order valence-electron chi connectivity index (χ0n) is 12.0. The van der Waals surface area contributed by atoms with Crippen LogP contribution < -0.4 is 5.32 Å². The Bertz CT molecular complexity index is 191. The molecule has 0 aromatic carbocycles. The molecular weight excluding hydrogens is 212 g/mol. The summed E-state index contributed by atoms with van der Waals surface area (Å²) in [5, 5.41) is 3.54. The van der Waals surface area contributed by atoms with Crippen molar-refractivity contribution in [2.24, 2.45) is 11.8 Å². The first-order chi connectivity index (χ1) is 8.09. The fourth-order valence-electron chi connectivity index (χ4n) is 2.45. The highest BCUT2D eigenvalue weighted by Gasteiger charge is 2.19. The van der Waals surface area contributed by atoms with E-state index in [0.29, 0.717) is 0 Å². The van der Waals surface area contributed by atoms with Crippen molar-refractivity contribution in [3.63, 3.8) is 0 Å². The van der Waals surface area contributed by atoms with Gasteiger partial charge in [0.25, 0.3) is 0 Å². The molecule has 1 rings (SSSR count). The van der Waals surface area contributed by atoms with E-state index in [1.807, 2.05) is 0 Å². The first-order valence-corrected chi connectivity index (χ1v) is 7.08. The number of rotatable bonds is 7. The monoisotopic (exact) mass is 242 g/mol. The highest BCUT2D eigenvalue weighted by atomic mass is 16.5. The molecule has 0 bridgehead atoms. The fourth-order valence-corrected chi connectivity index (χ4v) is 2.45. The maximum atomic E-state index is 5.41. The van der Waals surface area contributed by atoms with Crippen molar-refractivity contribution >= 4 is 0 Å². The van der Waals surface area contributed by atoms with Gasteiger partial charge in [0, 0.05) is 25.8 Å². The second kappa shape index (κ2) is 8.06. The Morgan fingerprint density at radius 2 is 1.82 bits per heavy atom. The minimum absolute atomic E-state index is 0.724. The largest absolute Gasteiger partial charge is 0.381 e. The van der Waals surface area contributed by atoms with Gasteiger partial charge >= 0.3 is 0 Å². The van der Waals surface area contributed by atoms with Gasteiger partial charge in [-0.15, -0.1) is 0 Å². The standard InChI is InChI=1S/C14H30N2O/c1-12(2)9-15-10-13(3)11-16(4)14-5-7-17-8-6-14/h12-15H,5-11H2,1-4H3. The number of nitrogens with zero attached hydrogens (tertiary/aromatic N) is 1. The predicted octanol–water partition coefficient (Wildman–Crippen LogP) is 1.98. The molecule has 1 aliphatic rings. The van der Waals surface area contributed by atoms with Crippen LogP contribution >= 0.6 is 0 Å². The summed E-state index contributed by atoms with van der Waals surface area (Å²) in [5.74, 6) is 1.47. The second-order valence-corrected chi connectivity index (χ2v) is 5.94.